The first-order chi connectivity index (χ1) is 7.33. The Morgan fingerprint density at radius 3 is 3.07 bits per heavy atom. The van der Waals surface area contributed by atoms with Gasteiger partial charge in [0.25, 0.3) is 0 Å². The number of carbonyl (C=O) groups is 1. The number of amides is 1. The van der Waals surface area contributed by atoms with Gasteiger partial charge >= 0.3 is 0 Å². The van der Waals surface area contributed by atoms with E-state index in [2.05, 4.69) is 0 Å². The number of benzene rings is 1. The van der Waals surface area contributed by atoms with Crippen LogP contribution in [0.25, 0.3) is 0 Å². The maximum absolute atomic E-state index is 11.6. The summed E-state index contributed by atoms with van der Waals surface area (Å²) in [4.78, 5) is 13.3. The molecule has 80 valence electrons. The molecule has 1 heterocycles. The van der Waals surface area contributed by atoms with Crippen LogP contribution in [0.1, 0.15) is 6.42 Å². The molecule has 0 atom stereocenters. The third kappa shape index (κ3) is 1.94. The number of carbonyl (C=O) groups excluding carboxylic acids is 1. The molecule has 2 N–H and O–H groups in total. The van der Waals surface area contributed by atoms with Crippen LogP contribution in [0.2, 0.25) is 0 Å². The van der Waals surface area contributed by atoms with Crippen molar-refractivity contribution in [3.63, 3.8) is 0 Å². The molecule has 1 aromatic carbocycles. The van der Waals surface area contributed by atoms with Crippen LogP contribution in [0, 0.1) is 0 Å². The van der Waals surface area contributed by atoms with E-state index >= 15 is 0 Å². The van der Waals surface area contributed by atoms with Crippen molar-refractivity contribution >= 4 is 11.6 Å². The Balaban J connectivity index is 2.37. The van der Waals surface area contributed by atoms with Crippen molar-refractivity contribution in [2.75, 3.05) is 24.6 Å². The van der Waals surface area contributed by atoms with E-state index in [0.29, 0.717) is 13.2 Å². The molecule has 1 aliphatic rings. The van der Waals surface area contributed by atoms with E-state index in [4.69, 9.17) is 10.5 Å². The standard InChI is InChI=1S/C11H14N2O2/c12-8-11(14)13-6-3-7-15-10-5-2-1-4-9(10)13/h1-2,4-5H,3,6-8,12H2. The smallest absolute Gasteiger partial charge is 0.240 e. The van der Waals surface area contributed by atoms with Gasteiger partial charge in [-0.2, -0.15) is 0 Å². The largest absolute Gasteiger partial charge is 0.491 e. The number of hydrogen-bond acceptors (Lipinski definition) is 3. The van der Waals surface area contributed by atoms with Crippen LogP contribution in [0.4, 0.5) is 5.69 Å². The third-order valence-electron chi connectivity index (χ3n) is 2.42. The van der Waals surface area contributed by atoms with E-state index in [9.17, 15) is 4.79 Å². The molecule has 0 bridgehead atoms. The molecule has 15 heavy (non-hydrogen) atoms. The summed E-state index contributed by atoms with van der Waals surface area (Å²) in [5.74, 6) is 0.699. The maximum atomic E-state index is 11.6. The quantitative estimate of drug-likeness (QED) is 0.738. The normalized spacial score (nSPS) is 15.1. The highest BCUT2D eigenvalue weighted by molar-refractivity contribution is 5.96. The van der Waals surface area contributed by atoms with Crippen molar-refractivity contribution in [2.45, 2.75) is 6.42 Å². The molecule has 0 aliphatic carbocycles. The first-order valence-electron chi connectivity index (χ1n) is 5.05. The van der Waals surface area contributed by atoms with E-state index in [1.54, 1.807) is 4.90 Å². The van der Waals surface area contributed by atoms with Gasteiger partial charge in [-0.15, -0.1) is 0 Å². The fraction of sp³-hybridized carbons (Fsp3) is 0.364. The van der Waals surface area contributed by atoms with Gasteiger partial charge in [-0.1, -0.05) is 12.1 Å². The highest BCUT2D eigenvalue weighted by Gasteiger charge is 2.20. The van der Waals surface area contributed by atoms with Crippen LogP contribution in [0.5, 0.6) is 5.75 Å². The molecule has 0 fully saturated rings. The van der Waals surface area contributed by atoms with Gasteiger partial charge < -0.3 is 15.4 Å². The second kappa shape index (κ2) is 4.31. The first kappa shape index (κ1) is 9.98. The first-order valence-corrected chi connectivity index (χ1v) is 5.05. The minimum absolute atomic E-state index is 0.0360. The molecule has 0 unspecified atom stereocenters. The molecule has 0 saturated heterocycles. The lowest BCUT2D eigenvalue weighted by Gasteiger charge is -2.20. The number of ether oxygens (including phenoxy) is 1. The number of rotatable bonds is 1. The monoisotopic (exact) mass is 206 g/mol. The second-order valence-corrected chi connectivity index (χ2v) is 3.42. The number of anilines is 1. The topological polar surface area (TPSA) is 55.6 Å². The summed E-state index contributed by atoms with van der Waals surface area (Å²) in [6.45, 7) is 1.35. The SMILES string of the molecule is NCC(=O)N1CCCOc2ccccc21. The zero-order valence-electron chi connectivity index (χ0n) is 8.48. The summed E-state index contributed by atoms with van der Waals surface area (Å²) in [7, 11) is 0. The van der Waals surface area contributed by atoms with Crippen LogP contribution in [0.15, 0.2) is 24.3 Å². The molecular weight excluding hydrogens is 192 g/mol. The molecule has 0 radical (unpaired) electrons. The zero-order chi connectivity index (χ0) is 10.7. The maximum Gasteiger partial charge on any atom is 0.240 e. The Hall–Kier alpha value is -1.55. The summed E-state index contributed by atoms with van der Waals surface area (Å²) in [6, 6.07) is 7.55. The van der Waals surface area contributed by atoms with E-state index in [0.717, 1.165) is 17.9 Å². The minimum atomic E-state index is -0.0621. The van der Waals surface area contributed by atoms with E-state index < -0.39 is 0 Å². The van der Waals surface area contributed by atoms with E-state index in [1.807, 2.05) is 24.3 Å². The van der Waals surface area contributed by atoms with Gasteiger partial charge in [0.05, 0.1) is 18.8 Å². The van der Waals surface area contributed by atoms with Gasteiger partial charge in [-0.25, -0.2) is 0 Å². The molecular formula is C11H14N2O2. The number of fused-ring (bicyclic) bond motifs is 1. The molecule has 1 aliphatic heterocycles. The fourth-order valence-corrected chi connectivity index (χ4v) is 1.70. The third-order valence-corrected chi connectivity index (χ3v) is 2.42. The summed E-state index contributed by atoms with van der Waals surface area (Å²) in [5, 5.41) is 0. The average Bonchev–Trinajstić information content (AvgIpc) is 2.50. The van der Waals surface area contributed by atoms with Gasteiger partial charge in [-0.3, -0.25) is 4.79 Å². The molecule has 1 aromatic rings. The van der Waals surface area contributed by atoms with Crippen molar-refractivity contribution in [1.82, 2.24) is 0 Å². The van der Waals surface area contributed by atoms with E-state index in [-0.39, 0.29) is 12.5 Å². The van der Waals surface area contributed by atoms with Crippen molar-refractivity contribution in [3.05, 3.63) is 24.3 Å². The van der Waals surface area contributed by atoms with Crippen molar-refractivity contribution < 1.29 is 9.53 Å². The highest BCUT2D eigenvalue weighted by atomic mass is 16.5. The van der Waals surface area contributed by atoms with Gasteiger partial charge in [0.15, 0.2) is 0 Å². The molecule has 0 saturated carbocycles. The zero-order valence-corrected chi connectivity index (χ0v) is 8.48. The number of nitrogens with two attached hydrogens (primary N) is 1. The molecule has 4 nitrogen and oxygen atoms in total. The summed E-state index contributed by atoms with van der Waals surface area (Å²) in [5.41, 5.74) is 6.20. The second-order valence-electron chi connectivity index (χ2n) is 3.42. The Kier molecular flexibility index (Phi) is 2.87. The lowest BCUT2D eigenvalue weighted by molar-refractivity contribution is -0.117. The minimum Gasteiger partial charge on any atom is -0.491 e. The Morgan fingerprint density at radius 2 is 2.27 bits per heavy atom. The van der Waals surface area contributed by atoms with Gasteiger partial charge in [-0.05, 0) is 18.6 Å². The molecule has 0 spiro atoms. The van der Waals surface area contributed by atoms with Crippen LogP contribution in [0.3, 0.4) is 0 Å². The summed E-state index contributed by atoms with van der Waals surface area (Å²) < 4.78 is 5.54. The van der Waals surface area contributed by atoms with Gasteiger partial charge in [0.2, 0.25) is 5.91 Å². The van der Waals surface area contributed by atoms with Crippen LogP contribution >= 0.6 is 0 Å². The number of para-hydroxylation sites is 2. The molecule has 1 amide bonds. The summed E-state index contributed by atoms with van der Waals surface area (Å²) >= 11 is 0. The lowest BCUT2D eigenvalue weighted by atomic mass is 10.2. The number of nitrogens with zero attached hydrogens (tertiary/aromatic N) is 1. The predicted octanol–water partition coefficient (Wildman–Crippen LogP) is 0.761. The van der Waals surface area contributed by atoms with E-state index in [1.165, 1.54) is 0 Å². The summed E-state index contributed by atoms with van der Waals surface area (Å²) in [6.07, 6.45) is 0.834. The van der Waals surface area contributed by atoms with Crippen LogP contribution in [-0.4, -0.2) is 25.6 Å². The molecule has 2 rings (SSSR count). The predicted molar refractivity (Wildman–Crippen MR) is 58.0 cm³/mol. The Bertz CT molecular complexity index is 365. The van der Waals surface area contributed by atoms with Gasteiger partial charge in [0, 0.05) is 6.54 Å². The van der Waals surface area contributed by atoms with Crippen molar-refractivity contribution in [1.29, 1.82) is 0 Å². The van der Waals surface area contributed by atoms with Crippen LogP contribution < -0.4 is 15.4 Å². The van der Waals surface area contributed by atoms with Crippen molar-refractivity contribution in [3.8, 4) is 5.75 Å². The Morgan fingerprint density at radius 1 is 1.47 bits per heavy atom. The Labute approximate surface area is 88.6 Å². The average molecular weight is 206 g/mol. The number of hydrogen-bond donors (Lipinski definition) is 1. The van der Waals surface area contributed by atoms with Crippen LogP contribution in [-0.2, 0) is 4.79 Å². The van der Waals surface area contributed by atoms with Crippen molar-refractivity contribution in [2.24, 2.45) is 5.73 Å². The molecule has 4 heteroatoms. The lowest BCUT2D eigenvalue weighted by Crippen LogP contribution is -2.36. The highest BCUT2D eigenvalue weighted by Crippen LogP contribution is 2.30. The fourth-order valence-electron chi connectivity index (χ4n) is 1.70. The molecule has 0 aromatic heterocycles. The van der Waals surface area contributed by atoms with Gasteiger partial charge in [0.1, 0.15) is 5.75 Å².